The van der Waals surface area contributed by atoms with Crippen LogP contribution in [0.2, 0.25) is 0 Å². The molecule has 0 unspecified atom stereocenters. The number of para-hydroxylation sites is 1. The van der Waals surface area contributed by atoms with Gasteiger partial charge in [0.25, 0.3) is 10.0 Å². The van der Waals surface area contributed by atoms with Crippen molar-refractivity contribution >= 4 is 32.7 Å². The van der Waals surface area contributed by atoms with Crippen molar-refractivity contribution in [2.24, 2.45) is 0 Å². The topological polar surface area (TPSA) is 78.4 Å². The molecule has 1 saturated heterocycles. The summed E-state index contributed by atoms with van der Waals surface area (Å²) in [6.45, 7) is 3.27. The van der Waals surface area contributed by atoms with Crippen molar-refractivity contribution in [2.75, 3.05) is 42.4 Å². The van der Waals surface area contributed by atoms with E-state index in [-0.39, 0.29) is 4.90 Å². The van der Waals surface area contributed by atoms with E-state index in [9.17, 15) is 8.42 Å². The maximum Gasteiger partial charge on any atom is 0.265 e. The van der Waals surface area contributed by atoms with Gasteiger partial charge in [0.2, 0.25) is 5.95 Å². The maximum absolute atomic E-state index is 13.1. The van der Waals surface area contributed by atoms with E-state index in [0.29, 0.717) is 17.2 Å². The van der Waals surface area contributed by atoms with Gasteiger partial charge in [-0.2, -0.15) is 4.98 Å². The Morgan fingerprint density at radius 3 is 2.37 bits per heavy atom. The molecule has 1 aromatic heterocycles. The Bertz CT molecular complexity index is 1050. The first-order chi connectivity index (χ1) is 13.1. The first-order valence-electron chi connectivity index (χ1n) is 8.84. The van der Waals surface area contributed by atoms with Crippen molar-refractivity contribution in [3.05, 3.63) is 54.6 Å². The number of anilines is 2. The van der Waals surface area contributed by atoms with Crippen LogP contribution in [-0.2, 0) is 10.0 Å². The molecule has 8 heteroatoms. The van der Waals surface area contributed by atoms with E-state index in [1.807, 2.05) is 24.3 Å². The number of sulfonamides is 1. The highest BCUT2D eigenvalue weighted by Gasteiger charge is 2.25. The van der Waals surface area contributed by atoms with Gasteiger partial charge in [0, 0.05) is 38.6 Å². The molecule has 0 saturated carbocycles. The number of piperazine rings is 1. The average molecular weight is 383 g/mol. The minimum Gasteiger partial charge on any atom is -0.338 e. The van der Waals surface area contributed by atoms with Crippen molar-refractivity contribution in [3.63, 3.8) is 0 Å². The summed E-state index contributed by atoms with van der Waals surface area (Å²) in [6, 6.07) is 15.9. The zero-order valence-corrected chi connectivity index (χ0v) is 15.9. The van der Waals surface area contributed by atoms with Gasteiger partial charge >= 0.3 is 0 Å². The number of hydrogen-bond acceptors (Lipinski definition) is 6. The Balaban J connectivity index is 1.84. The SMILES string of the molecule is CN(c1nc(N2CCNCC2)nc2ccccc12)S(=O)(=O)c1ccccc1. The lowest BCUT2D eigenvalue weighted by Crippen LogP contribution is -2.44. The molecule has 1 N–H and O–H groups in total. The van der Waals surface area contributed by atoms with Gasteiger partial charge in [-0.05, 0) is 24.3 Å². The molecule has 2 aromatic carbocycles. The molecule has 3 aromatic rings. The Hall–Kier alpha value is -2.71. The predicted octanol–water partition coefficient (Wildman–Crippen LogP) is 1.86. The number of benzene rings is 2. The summed E-state index contributed by atoms with van der Waals surface area (Å²) in [7, 11) is -2.18. The van der Waals surface area contributed by atoms with E-state index in [4.69, 9.17) is 0 Å². The lowest BCUT2D eigenvalue weighted by Gasteiger charge is -2.29. The average Bonchev–Trinajstić information content (AvgIpc) is 2.73. The lowest BCUT2D eigenvalue weighted by atomic mass is 10.2. The van der Waals surface area contributed by atoms with Gasteiger partial charge in [-0.1, -0.05) is 30.3 Å². The minimum atomic E-state index is -3.72. The first-order valence-corrected chi connectivity index (χ1v) is 10.3. The third kappa shape index (κ3) is 3.33. The largest absolute Gasteiger partial charge is 0.338 e. The van der Waals surface area contributed by atoms with E-state index >= 15 is 0 Å². The van der Waals surface area contributed by atoms with E-state index in [0.717, 1.165) is 31.7 Å². The highest BCUT2D eigenvalue weighted by molar-refractivity contribution is 7.92. The molecule has 0 radical (unpaired) electrons. The fourth-order valence-electron chi connectivity index (χ4n) is 3.16. The summed E-state index contributed by atoms with van der Waals surface area (Å²) < 4.78 is 27.5. The Morgan fingerprint density at radius 2 is 1.63 bits per heavy atom. The summed E-state index contributed by atoms with van der Waals surface area (Å²) >= 11 is 0. The summed E-state index contributed by atoms with van der Waals surface area (Å²) in [4.78, 5) is 11.6. The fourth-order valence-corrected chi connectivity index (χ4v) is 4.34. The second kappa shape index (κ2) is 7.13. The zero-order chi connectivity index (χ0) is 18.9. The smallest absolute Gasteiger partial charge is 0.265 e. The Labute approximate surface area is 158 Å². The van der Waals surface area contributed by atoms with Gasteiger partial charge in [0.1, 0.15) is 0 Å². The molecule has 1 aliphatic rings. The van der Waals surface area contributed by atoms with Crippen LogP contribution in [-0.4, -0.2) is 51.6 Å². The van der Waals surface area contributed by atoms with Gasteiger partial charge in [0.15, 0.2) is 5.82 Å². The third-order valence-electron chi connectivity index (χ3n) is 4.67. The predicted molar refractivity (Wildman–Crippen MR) is 107 cm³/mol. The number of rotatable bonds is 4. The van der Waals surface area contributed by atoms with Crippen LogP contribution in [0.15, 0.2) is 59.5 Å². The molecule has 0 atom stereocenters. The van der Waals surface area contributed by atoms with E-state index < -0.39 is 10.0 Å². The van der Waals surface area contributed by atoms with E-state index in [1.54, 1.807) is 37.4 Å². The first kappa shape index (κ1) is 17.7. The molecule has 0 aliphatic carbocycles. The van der Waals surface area contributed by atoms with Crippen molar-refractivity contribution in [1.82, 2.24) is 15.3 Å². The van der Waals surface area contributed by atoms with Crippen molar-refractivity contribution in [3.8, 4) is 0 Å². The van der Waals surface area contributed by atoms with Crippen LogP contribution in [0, 0.1) is 0 Å². The third-order valence-corrected chi connectivity index (χ3v) is 6.43. The Kier molecular flexibility index (Phi) is 4.67. The number of aromatic nitrogens is 2. The van der Waals surface area contributed by atoms with Crippen molar-refractivity contribution < 1.29 is 8.42 Å². The van der Waals surface area contributed by atoms with Crippen LogP contribution in [0.1, 0.15) is 0 Å². The molecule has 0 spiro atoms. The molecule has 0 bridgehead atoms. The summed E-state index contributed by atoms with van der Waals surface area (Å²) in [6.07, 6.45) is 0. The zero-order valence-electron chi connectivity index (χ0n) is 15.0. The van der Waals surface area contributed by atoms with Crippen molar-refractivity contribution in [2.45, 2.75) is 4.90 Å². The molecule has 2 heterocycles. The van der Waals surface area contributed by atoms with Gasteiger partial charge in [-0.25, -0.2) is 13.4 Å². The molecule has 1 aliphatic heterocycles. The van der Waals surface area contributed by atoms with Gasteiger partial charge < -0.3 is 10.2 Å². The molecule has 4 rings (SSSR count). The van der Waals surface area contributed by atoms with Crippen LogP contribution in [0.5, 0.6) is 0 Å². The second-order valence-corrected chi connectivity index (χ2v) is 8.36. The molecule has 27 heavy (non-hydrogen) atoms. The van der Waals surface area contributed by atoms with E-state index in [2.05, 4.69) is 20.2 Å². The lowest BCUT2D eigenvalue weighted by molar-refractivity contribution is 0.580. The van der Waals surface area contributed by atoms with Crippen LogP contribution < -0.4 is 14.5 Å². The van der Waals surface area contributed by atoms with Crippen LogP contribution >= 0.6 is 0 Å². The normalized spacial score (nSPS) is 15.1. The van der Waals surface area contributed by atoms with Crippen LogP contribution in [0.3, 0.4) is 0 Å². The van der Waals surface area contributed by atoms with Crippen LogP contribution in [0.25, 0.3) is 10.9 Å². The fraction of sp³-hybridized carbons (Fsp3) is 0.263. The number of nitrogens with one attached hydrogen (secondary N) is 1. The quantitative estimate of drug-likeness (QED) is 0.741. The van der Waals surface area contributed by atoms with Gasteiger partial charge in [0.05, 0.1) is 10.4 Å². The molecule has 1 fully saturated rings. The summed E-state index contributed by atoms with van der Waals surface area (Å²) in [5.74, 6) is 0.943. The summed E-state index contributed by atoms with van der Waals surface area (Å²) in [5, 5.41) is 4.01. The van der Waals surface area contributed by atoms with Gasteiger partial charge in [-0.15, -0.1) is 0 Å². The van der Waals surface area contributed by atoms with Crippen molar-refractivity contribution in [1.29, 1.82) is 0 Å². The molecule has 140 valence electrons. The Morgan fingerprint density at radius 1 is 0.963 bits per heavy atom. The summed E-state index contributed by atoms with van der Waals surface area (Å²) in [5.41, 5.74) is 0.728. The highest BCUT2D eigenvalue weighted by Crippen LogP contribution is 2.29. The number of hydrogen-bond donors (Lipinski definition) is 1. The van der Waals surface area contributed by atoms with E-state index in [1.165, 1.54) is 4.31 Å². The maximum atomic E-state index is 13.1. The minimum absolute atomic E-state index is 0.235. The van der Waals surface area contributed by atoms with Gasteiger partial charge in [-0.3, -0.25) is 4.31 Å². The number of nitrogens with zero attached hydrogens (tertiary/aromatic N) is 4. The molecular weight excluding hydrogens is 362 g/mol. The van der Waals surface area contributed by atoms with Crippen LogP contribution in [0.4, 0.5) is 11.8 Å². The number of fused-ring (bicyclic) bond motifs is 1. The standard InChI is InChI=1S/C19H21N5O2S/c1-23(27(25,26)15-7-3-2-4-8-15)18-16-9-5-6-10-17(16)21-19(22-18)24-13-11-20-12-14-24/h2-10,20H,11-14H2,1H3. The highest BCUT2D eigenvalue weighted by atomic mass is 32.2. The second-order valence-electron chi connectivity index (χ2n) is 6.39. The molecule has 7 nitrogen and oxygen atoms in total. The molecule has 0 amide bonds. The molecular formula is C19H21N5O2S. The monoisotopic (exact) mass is 383 g/mol.